The van der Waals surface area contributed by atoms with Crippen molar-refractivity contribution in [2.24, 2.45) is 5.92 Å². The third-order valence-corrected chi connectivity index (χ3v) is 5.23. The van der Waals surface area contributed by atoms with Crippen molar-refractivity contribution in [1.29, 1.82) is 0 Å². The van der Waals surface area contributed by atoms with Gasteiger partial charge in [0.2, 0.25) is 5.91 Å². The number of alkyl halides is 3. The van der Waals surface area contributed by atoms with Crippen LogP contribution in [0, 0.1) is 5.92 Å². The Hall–Kier alpha value is -2.62. The first-order valence-corrected chi connectivity index (χ1v) is 9.72. The molecule has 0 radical (unpaired) electrons. The van der Waals surface area contributed by atoms with Crippen LogP contribution in [-0.2, 0) is 14.3 Å². The Morgan fingerprint density at radius 2 is 2.00 bits per heavy atom. The van der Waals surface area contributed by atoms with Gasteiger partial charge in [-0.2, -0.15) is 0 Å². The average molecular weight is 428 g/mol. The lowest BCUT2D eigenvalue weighted by molar-refractivity contribution is -0.274. The van der Waals surface area contributed by atoms with E-state index in [0.29, 0.717) is 25.9 Å². The van der Waals surface area contributed by atoms with E-state index in [0.717, 1.165) is 12.1 Å². The highest BCUT2D eigenvalue weighted by molar-refractivity contribution is 5.94. The predicted octanol–water partition coefficient (Wildman–Crippen LogP) is 2.30. The molecule has 3 rings (SSSR count). The zero-order valence-corrected chi connectivity index (χ0v) is 16.4. The Morgan fingerprint density at radius 1 is 1.30 bits per heavy atom. The van der Waals surface area contributed by atoms with E-state index in [1.54, 1.807) is 4.90 Å². The lowest BCUT2D eigenvalue weighted by Gasteiger charge is -2.23. The van der Waals surface area contributed by atoms with E-state index in [9.17, 15) is 27.6 Å². The van der Waals surface area contributed by atoms with Crippen molar-refractivity contribution in [2.75, 3.05) is 19.7 Å². The maximum Gasteiger partial charge on any atom is 0.573 e. The number of nitrogens with one attached hydrogen (secondary N) is 1. The number of carbonyl (C=O) groups is 3. The lowest BCUT2D eigenvalue weighted by Crippen LogP contribution is -2.42. The summed E-state index contributed by atoms with van der Waals surface area (Å²) in [6.45, 7) is 2.76. The number of Topliss-reactive ketones (excluding diaryl/α,β-unsaturated/α-hetero) is 1. The summed E-state index contributed by atoms with van der Waals surface area (Å²) in [5, 5.41) is 2.68. The molecule has 1 aromatic rings. The molecule has 2 heterocycles. The van der Waals surface area contributed by atoms with E-state index in [-0.39, 0.29) is 42.3 Å². The number of likely N-dealkylation sites (tertiary alicyclic amines) is 1. The summed E-state index contributed by atoms with van der Waals surface area (Å²) in [6, 6.07) is 4.16. The van der Waals surface area contributed by atoms with Crippen molar-refractivity contribution in [2.45, 2.75) is 44.7 Å². The summed E-state index contributed by atoms with van der Waals surface area (Å²) in [4.78, 5) is 38.1. The number of hydrogen-bond acceptors (Lipinski definition) is 5. The maximum absolute atomic E-state index is 12.5. The highest BCUT2D eigenvalue weighted by Gasteiger charge is 2.46. The van der Waals surface area contributed by atoms with Crippen LogP contribution in [0.25, 0.3) is 0 Å². The summed E-state index contributed by atoms with van der Waals surface area (Å²) >= 11 is 0. The van der Waals surface area contributed by atoms with Gasteiger partial charge >= 0.3 is 6.36 Å². The normalized spacial score (nSPS) is 22.0. The SMILES string of the molecule is CC(CCNC(=O)c1ccc(OC(F)(F)F)cc1)CC(=O)N1CCC2OCC(=O)C21. The second-order valence-electron chi connectivity index (χ2n) is 7.56. The second-order valence-corrected chi connectivity index (χ2v) is 7.56. The Labute approximate surface area is 171 Å². The molecule has 0 aliphatic carbocycles. The van der Waals surface area contributed by atoms with Gasteiger partial charge in [0.1, 0.15) is 18.4 Å². The minimum atomic E-state index is -4.79. The molecule has 0 bridgehead atoms. The molecule has 2 saturated heterocycles. The number of halogens is 3. The molecule has 2 aliphatic rings. The van der Waals surface area contributed by atoms with E-state index < -0.39 is 24.1 Å². The van der Waals surface area contributed by atoms with Crippen LogP contribution in [0.5, 0.6) is 5.75 Å². The van der Waals surface area contributed by atoms with Crippen LogP contribution in [0.2, 0.25) is 0 Å². The summed E-state index contributed by atoms with van der Waals surface area (Å²) in [5.41, 5.74) is 0.205. The summed E-state index contributed by atoms with van der Waals surface area (Å²) in [6.07, 6.45) is -3.51. The van der Waals surface area contributed by atoms with E-state index >= 15 is 0 Å². The van der Waals surface area contributed by atoms with Gasteiger partial charge in [0.05, 0.1) is 6.10 Å². The number of carbonyl (C=O) groups excluding carboxylic acids is 3. The van der Waals surface area contributed by atoms with Crippen molar-refractivity contribution < 1.29 is 37.0 Å². The van der Waals surface area contributed by atoms with Crippen molar-refractivity contribution in [3.63, 3.8) is 0 Å². The Bertz CT molecular complexity index is 797. The van der Waals surface area contributed by atoms with Crippen LogP contribution < -0.4 is 10.1 Å². The van der Waals surface area contributed by atoms with E-state index in [1.807, 2.05) is 6.92 Å². The highest BCUT2D eigenvalue weighted by Crippen LogP contribution is 2.28. The predicted molar refractivity (Wildman–Crippen MR) is 98.7 cm³/mol. The van der Waals surface area contributed by atoms with Gasteiger partial charge in [0, 0.05) is 25.1 Å². The van der Waals surface area contributed by atoms with Gasteiger partial charge in [-0.1, -0.05) is 6.92 Å². The molecule has 3 unspecified atom stereocenters. The molecule has 0 saturated carbocycles. The number of rotatable bonds is 7. The second kappa shape index (κ2) is 9.03. The number of hydrogen-bond donors (Lipinski definition) is 1. The van der Waals surface area contributed by atoms with Gasteiger partial charge in [0.25, 0.3) is 5.91 Å². The van der Waals surface area contributed by atoms with Gasteiger partial charge in [-0.05, 0) is 43.0 Å². The van der Waals surface area contributed by atoms with Crippen molar-refractivity contribution in [1.82, 2.24) is 10.2 Å². The van der Waals surface area contributed by atoms with Crippen LogP contribution in [-0.4, -0.2) is 60.7 Å². The summed E-state index contributed by atoms with van der Waals surface area (Å²) < 4.78 is 45.6. The van der Waals surface area contributed by atoms with Crippen LogP contribution in [0.3, 0.4) is 0 Å². The van der Waals surface area contributed by atoms with Gasteiger partial charge in [-0.3, -0.25) is 14.4 Å². The fraction of sp³-hybridized carbons (Fsp3) is 0.550. The molecular formula is C20H23F3N2O5. The number of amides is 2. The van der Waals surface area contributed by atoms with E-state index in [2.05, 4.69) is 10.1 Å². The number of benzene rings is 1. The van der Waals surface area contributed by atoms with Gasteiger partial charge < -0.3 is 19.7 Å². The molecule has 164 valence electrons. The topological polar surface area (TPSA) is 84.9 Å². The quantitative estimate of drug-likeness (QED) is 0.721. The largest absolute Gasteiger partial charge is 0.573 e. The Morgan fingerprint density at radius 3 is 2.67 bits per heavy atom. The van der Waals surface area contributed by atoms with Crippen LogP contribution in [0.15, 0.2) is 24.3 Å². The molecule has 2 amide bonds. The molecule has 2 aliphatic heterocycles. The number of fused-ring (bicyclic) bond motifs is 1. The van der Waals surface area contributed by atoms with Gasteiger partial charge in [-0.15, -0.1) is 13.2 Å². The molecule has 30 heavy (non-hydrogen) atoms. The maximum atomic E-state index is 12.5. The molecule has 2 fully saturated rings. The van der Waals surface area contributed by atoms with Gasteiger partial charge in [-0.25, -0.2) is 0 Å². The van der Waals surface area contributed by atoms with Crippen LogP contribution in [0.1, 0.15) is 36.5 Å². The molecule has 7 nitrogen and oxygen atoms in total. The van der Waals surface area contributed by atoms with Crippen molar-refractivity contribution in [3.8, 4) is 5.75 Å². The van der Waals surface area contributed by atoms with Gasteiger partial charge in [0.15, 0.2) is 5.78 Å². The molecular weight excluding hydrogens is 405 g/mol. The zero-order chi connectivity index (χ0) is 21.9. The van der Waals surface area contributed by atoms with E-state index in [4.69, 9.17) is 4.74 Å². The zero-order valence-electron chi connectivity index (χ0n) is 16.4. The lowest BCUT2D eigenvalue weighted by atomic mass is 10.0. The Kier molecular flexibility index (Phi) is 6.64. The third kappa shape index (κ3) is 5.50. The highest BCUT2D eigenvalue weighted by atomic mass is 19.4. The van der Waals surface area contributed by atoms with Crippen LogP contribution in [0.4, 0.5) is 13.2 Å². The molecule has 0 spiro atoms. The molecule has 10 heteroatoms. The fourth-order valence-corrected chi connectivity index (χ4v) is 3.73. The minimum Gasteiger partial charge on any atom is -0.406 e. The standard InChI is InChI=1S/C20H23F3N2O5/c1-12(10-17(27)25-9-7-16-18(25)15(26)11-29-16)6-8-24-19(28)13-2-4-14(5-3-13)30-20(21,22)23/h2-5,12,16,18H,6-11H2,1H3,(H,24,28). The number of ketones is 1. The number of ether oxygens (including phenoxy) is 2. The number of nitrogens with zero attached hydrogens (tertiary/aromatic N) is 1. The smallest absolute Gasteiger partial charge is 0.406 e. The Balaban J connectivity index is 1.41. The summed E-state index contributed by atoms with van der Waals surface area (Å²) in [7, 11) is 0. The monoisotopic (exact) mass is 428 g/mol. The first-order valence-electron chi connectivity index (χ1n) is 9.72. The van der Waals surface area contributed by atoms with E-state index in [1.165, 1.54) is 12.1 Å². The third-order valence-electron chi connectivity index (χ3n) is 5.23. The van der Waals surface area contributed by atoms with Crippen LogP contribution >= 0.6 is 0 Å². The minimum absolute atomic E-state index is 0.0168. The first kappa shape index (κ1) is 22.1. The molecule has 0 aromatic heterocycles. The molecule has 1 N–H and O–H groups in total. The van der Waals surface area contributed by atoms with Crippen molar-refractivity contribution >= 4 is 17.6 Å². The fourth-order valence-electron chi connectivity index (χ4n) is 3.73. The molecule has 1 aromatic carbocycles. The summed E-state index contributed by atoms with van der Waals surface area (Å²) in [5.74, 6) is -1.00. The van der Waals surface area contributed by atoms with Crippen molar-refractivity contribution in [3.05, 3.63) is 29.8 Å². The first-order chi connectivity index (χ1) is 14.1. The average Bonchev–Trinajstić information content (AvgIpc) is 3.24. The molecule has 3 atom stereocenters.